The summed E-state index contributed by atoms with van der Waals surface area (Å²) in [5.74, 6) is 0. The lowest BCUT2D eigenvalue weighted by molar-refractivity contribution is 0.230. The standard InChI is InChI=1S/C12H21N/c1-2-6-12(7-3-1)10-11(12)13-8-4-5-9-13/h11H,1-10H2. The van der Waals surface area contributed by atoms with Crippen LogP contribution in [-0.2, 0) is 0 Å². The number of nitrogens with zero attached hydrogens (tertiary/aromatic N) is 1. The Balaban J connectivity index is 1.63. The van der Waals surface area contributed by atoms with Gasteiger partial charge < -0.3 is 0 Å². The van der Waals surface area contributed by atoms with Crippen molar-refractivity contribution in [3.63, 3.8) is 0 Å². The summed E-state index contributed by atoms with van der Waals surface area (Å²) in [6.07, 6.45) is 12.1. The van der Waals surface area contributed by atoms with Crippen LogP contribution in [0.3, 0.4) is 0 Å². The van der Waals surface area contributed by atoms with Crippen LogP contribution < -0.4 is 0 Å². The molecule has 0 aromatic carbocycles. The van der Waals surface area contributed by atoms with Gasteiger partial charge in [-0.05, 0) is 50.6 Å². The maximum atomic E-state index is 2.78. The van der Waals surface area contributed by atoms with E-state index in [0.717, 1.165) is 11.5 Å². The Hall–Kier alpha value is -0.0400. The van der Waals surface area contributed by atoms with Crippen LogP contribution in [0.25, 0.3) is 0 Å². The van der Waals surface area contributed by atoms with Crippen LogP contribution in [0.1, 0.15) is 51.4 Å². The third kappa shape index (κ3) is 1.32. The molecule has 0 N–H and O–H groups in total. The molecule has 1 atom stereocenters. The van der Waals surface area contributed by atoms with Gasteiger partial charge in [0.05, 0.1) is 0 Å². The smallest absolute Gasteiger partial charge is 0.0158 e. The van der Waals surface area contributed by atoms with Gasteiger partial charge >= 0.3 is 0 Å². The molecule has 3 aliphatic rings. The van der Waals surface area contributed by atoms with Gasteiger partial charge in [-0.15, -0.1) is 0 Å². The third-order valence-electron chi connectivity index (χ3n) is 4.58. The maximum Gasteiger partial charge on any atom is 0.0158 e. The monoisotopic (exact) mass is 179 g/mol. The Bertz CT molecular complexity index is 187. The van der Waals surface area contributed by atoms with E-state index in [-0.39, 0.29) is 0 Å². The average molecular weight is 179 g/mol. The molecule has 1 aliphatic heterocycles. The van der Waals surface area contributed by atoms with Crippen LogP contribution in [0, 0.1) is 5.41 Å². The normalized spacial score (nSPS) is 38.3. The molecule has 0 aromatic rings. The van der Waals surface area contributed by atoms with Gasteiger partial charge in [-0.25, -0.2) is 0 Å². The Labute approximate surface area is 81.5 Å². The van der Waals surface area contributed by atoms with Crippen LogP contribution in [0.4, 0.5) is 0 Å². The van der Waals surface area contributed by atoms with Gasteiger partial charge in [-0.1, -0.05) is 19.3 Å². The average Bonchev–Trinajstić information content (AvgIpc) is 2.68. The molecule has 0 aromatic heterocycles. The van der Waals surface area contributed by atoms with E-state index in [2.05, 4.69) is 4.90 Å². The first kappa shape index (κ1) is 8.28. The van der Waals surface area contributed by atoms with E-state index < -0.39 is 0 Å². The van der Waals surface area contributed by atoms with E-state index in [0.29, 0.717) is 0 Å². The fraction of sp³-hybridized carbons (Fsp3) is 1.00. The highest BCUT2D eigenvalue weighted by atomic mass is 15.2. The molecule has 1 saturated heterocycles. The Morgan fingerprint density at radius 2 is 1.54 bits per heavy atom. The lowest BCUT2D eigenvalue weighted by atomic mass is 9.85. The highest BCUT2D eigenvalue weighted by Gasteiger charge is 2.56. The van der Waals surface area contributed by atoms with E-state index in [1.54, 1.807) is 19.3 Å². The minimum Gasteiger partial charge on any atom is -0.300 e. The van der Waals surface area contributed by atoms with Crippen LogP contribution in [0.5, 0.6) is 0 Å². The van der Waals surface area contributed by atoms with E-state index in [9.17, 15) is 0 Å². The van der Waals surface area contributed by atoms with E-state index >= 15 is 0 Å². The predicted octanol–water partition coefficient (Wildman–Crippen LogP) is 2.81. The number of hydrogen-bond acceptors (Lipinski definition) is 1. The summed E-state index contributed by atoms with van der Waals surface area (Å²) in [5, 5.41) is 0. The predicted molar refractivity (Wildman–Crippen MR) is 54.7 cm³/mol. The van der Waals surface area contributed by atoms with Crippen molar-refractivity contribution in [3.05, 3.63) is 0 Å². The third-order valence-corrected chi connectivity index (χ3v) is 4.58. The largest absolute Gasteiger partial charge is 0.300 e. The fourth-order valence-corrected chi connectivity index (χ4v) is 3.69. The van der Waals surface area contributed by atoms with E-state index in [1.165, 1.54) is 45.2 Å². The lowest BCUT2D eigenvalue weighted by Crippen LogP contribution is -2.28. The van der Waals surface area contributed by atoms with E-state index in [1.807, 2.05) is 0 Å². The Morgan fingerprint density at radius 1 is 0.846 bits per heavy atom. The molecule has 2 aliphatic carbocycles. The summed E-state index contributed by atoms with van der Waals surface area (Å²) in [6, 6.07) is 1.02. The number of likely N-dealkylation sites (tertiary alicyclic amines) is 1. The zero-order valence-corrected chi connectivity index (χ0v) is 8.60. The van der Waals surface area contributed by atoms with Gasteiger partial charge in [0.2, 0.25) is 0 Å². The Morgan fingerprint density at radius 3 is 2.23 bits per heavy atom. The molecule has 1 heteroatoms. The molecular weight excluding hydrogens is 158 g/mol. The second-order valence-electron chi connectivity index (χ2n) is 5.39. The molecule has 0 amide bonds. The molecule has 1 spiro atoms. The summed E-state index contributed by atoms with van der Waals surface area (Å²) in [7, 11) is 0. The van der Waals surface area contributed by atoms with Crippen molar-refractivity contribution in [1.82, 2.24) is 4.90 Å². The number of rotatable bonds is 1. The molecule has 3 fully saturated rings. The van der Waals surface area contributed by atoms with Crippen LogP contribution in [-0.4, -0.2) is 24.0 Å². The Kier molecular flexibility index (Phi) is 1.90. The molecular formula is C12H21N. The zero-order valence-electron chi connectivity index (χ0n) is 8.60. The summed E-state index contributed by atoms with van der Waals surface area (Å²) in [5.41, 5.74) is 0.836. The summed E-state index contributed by atoms with van der Waals surface area (Å²) in [6.45, 7) is 2.82. The molecule has 13 heavy (non-hydrogen) atoms. The molecule has 2 saturated carbocycles. The van der Waals surface area contributed by atoms with Crippen LogP contribution in [0.15, 0.2) is 0 Å². The molecule has 1 unspecified atom stereocenters. The van der Waals surface area contributed by atoms with Crippen molar-refractivity contribution in [2.45, 2.75) is 57.4 Å². The van der Waals surface area contributed by atoms with Gasteiger partial charge in [-0.3, -0.25) is 4.90 Å². The fourth-order valence-electron chi connectivity index (χ4n) is 3.69. The minimum atomic E-state index is 0.836. The maximum absolute atomic E-state index is 2.78. The van der Waals surface area contributed by atoms with Crippen molar-refractivity contribution in [3.8, 4) is 0 Å². The highest BCUT2D eigenvalue weighted by molar-refractivity contribution is 5.10. The van der Waals surface area contributed by atoms with Crippen molar-refractivity contribution in [1.29, 1.82) is 0 Å². The summed E-state index contributed by atoms with van der Waals surface area (Å²) in [4.78, 5) is 2.78. The van der Waals surface area contributed by atoms with Crippen molar-refractivity contribution < 1.29 is 0 Å². The van der Waals surface area contributed by atoms with Crippen LogP contribution >= 0.6 is 0 Å². The van der Waals surface area contributed by atoms with Crippen molar-refractivity contribution >= 4 is 0 Å². The second kappa shape index (κ2) is 2.98. The SMILES string of the molecule is C1CCC2(CC1)CC2N1CCCC1. The zero-order chi connectivity index (χ0) is 8.73. The second-order valence-corrected chi connectivity index (χ2v) is 5.39. The first-order valence-electron chi connectivity index (χ1n) is 6.15. The van der Waals surface area contributed by atoms with Gasteiger partial charge in [0.25, 0.3) is 0 Å². The minimum absolute atomic E-state index is 0.836. The van der Waals surface area contributed by atoms with Gasteiger partial charge in [0, 0.05) is 6.04 Å². The molecule has 3 rings (SSSR count). The quantitative estimate of drug-likeness (QED) is 0.598. The topological polar surface area (TPSA) is 3.24 Å². The first-order chi connectivity index (χ1) is 6.41. The van der Waals surface area contributed by atoms with E-state index in [4.69, 9.17) is 0 Å². The lowest BCUT2D eigenvalue weighted by Gasteiger charge is -2.26. The first-order valence-corrected chi connectivity index (χ1v) is 6.15. The van der Waals surface area contributed by atoms with Crippen molar-refractivity contribution in [2.75, 3.05) is 13.1 Å². The highest BCUT2D eigenvalue weighted by Crippen LogP contribution is 2.59. The van der Waals surface area contributed by atoms with Gasteiger partial charge in [0.15, 0.2) is 0 Å². The van der Waals surface area contributed by atoms with Crippen LogP contribution in [0.2, 0.25) is 0 Å². The van der Waals surface area contributed by atoms with Gasteiger partial charge in [0.1, 0.15) is 0 Å². The number of hydrogen-bond donors (Lipinski definition) is 0. The molecule has 1 nitrogen and oxygen atoms in total. The molecule has 74 valence electrons. The molecule has 0 radical (unpaired) electrons. The summed E-state index contributed by atoms with van der Waals surface area (Å²) >= 11 is 0. The molecule has 1 heterocycles. The van der Waals surface area contributed by atoms with Gasteiger partial charge in [-0.2, -0.15) is 0 Å². The molecule has 0 bridgehead atoms. The van der Waals surface area contributed by atoms with Crippen molar-refractivity contribution in [2.24, 2.45) is 5.41 Å². The summed E-state index contributed by atoms with van der Waals surface area (Å²) < 4.78 is 0.